The van der Waals surface area contributed by atoms with Crippen LogP contribution in [0.5, 0.6) is 5.75 Å². The minimum atomic E-state index is -4.85. The number of hydrogen-bond donors (Lipinski definition) is 2. The van der Waals surface area contributed by atoms with E-state index in [4.69, 9.17) is 9.57 Å². The molecular weight excluding hydrogens is 443 g/mol. The number of nitrogens with zero attached hydrogens (tertiary/aromatic N) is 1. The summed E-state index contributed by atoms with van der Waals surface area (Å²) >= 11 is 0. The predicted octanol–water partition coefficient (Wildman–Crippen LogP) is 2.15. The summed E-state index contributed by atoms with van der Waals surface area (Å²) in [5, 5.41) is 2.65. The molecule has 2 fully saturated rings. The number of rotatable bonds is 7. The van der Waals surface area contributed by atoms with Crippen LogP contribution >= 0.6 is 0 Å². The van der Waals surface area contributed by atoms with Crippen LogP contribution in [0, 0.1) is 0 Å². The lowest BCUT2D eigenvalue weighted by Gasteiger charge is -2.30. The van der Waals surface area contributed by atoms with E-state index in [2.05, 4.69) is 15.5 Å². The molecule has 1 aromatic rings. The van der Waals surface area contributed by atoms with Gasteiger partial charge in [-0.15, -0.1) is 13.2 Å². The topological polar surface area (TPSA) is 106 Å². The Morgan fingerprint density at radius 2 is 1.84 bits per heavy atom. The Kier molecular flexibility index (Phi) is 7.62. The van der Waals surface area contributed by atoms with Crippen LogP contribution in [0.2, 0.25) is 0 Å². The fourth-order valence-corrected chi connectivity index (χ4v) is 4.81. The van der Waals surface area contributed by atoms with Gasteiger partial charge in [0.1, 0.15) is 5.75 Å². The number of hydrogen-bond acceptors (Lipinski definition) is 6. The Labute approximate surface area is 177 Å². The molecule has 1 unspecified atom stereocenters. The number of halogens is 3. The summed E-state index contributed by atoms with van der Waals surface area (Å²) in [7, 11) is -3.87. The first-order valence-corrected chi connectivity index (χ1v) is 11.2. The third-order valence-corrected chi connectivity index (χ3v) is 6.84. The minimum Gasteiger partial charge on any atom is -0.406 e. The van der Waals surface area contributed by atoms with Crippen LogP contribution in [-0.2, 0) is 19.6 Å². The number of urea groups is 1. The van der Waals surface area contributed by atoms with Crippen LogP contribution in [-0.4, -0.2) is 63.6 Å². The molecule has 2 amide bonds. The molecule has 0 saturated carbocycles. The van der Waals surface area contributed by atoms with E-state index in [1.54, 1.807) is 0 Å². The molecule has 9 nitrogen and oxygen atoms in total. The van der Waals surface area contributed by atoms with E-state index in [0.717, 1.165) is 37.1 Å². The first-order chi connectivity index (χ1) is 14.6. The lowest BCUT2D eigenvalue weighted by molar-refractivity contribution is -0.274. The number of alkyl halides is 3. The van der Waals surface area contributed by atoms with Crippen LogP contribution in [0.25, 0.3) is 0 Å². The summed E-state index contributed by atoms with van der Waals surface area (Å²) in [5.74, 6) is -0.498. The highest BCUT2D eigenvalue weighted by molar-refractivity contribution is 7.89. The van der Waals surface area contributed by atoms with Gasteiger partial charge < -0.3 is 14.8 Å². The molecule has 1 aromatic carbocycles. The quantitative estimate of drug-likeness (QED) is 0.596. The van der Waals surface area contributed by atoms with Gasteiger partial charge in [0.2, 0.25) is 10.0 Å². The van der Waals surface area contributed by atoms with E-state index >= 15 is 0 Å². The standard InChI is InChI=1S/C18H24F3N3O6S/c19-18(20,21)29-13-3-5-16(6-4-13)31(26,27)24-9-7-14(8-10-24)30-23-17(25)22-12-15-2-1-11-28-15/h3-6,14-15H,1-2,7-12H2,(H2,22,23,25). The smallest absolute Gasteiger partial charge is 0.406 e. The van der Waals surface area contributed by atoms with Crippen LogP contribution < -0.4 is 15.5 Å². The predicted molar refractivity (Wildman–Crippen MR) is 101 cm³/mol. The maximum absolute atomic E-state index is 12.7. The van der Waals surface area contributed by atoms with Gasteiger partial charge in [0, 0.05) is 26.2 Å². The molecule has 0 bridgehead atoms. The third kappa shape index (κ3) is 6.95. The third-order valence-electron chi connectivity index (χ3n) is 4.93. The molecule has 31 heavy (non-hydrogen) atoms. The van der Waals surface area contributed by atoms with Crippen molar-refractivity contribution in [2.24, 2.45) is 0 Å². The van der Waals surface area contributed by atoms with Crippen molar-refractivity contribution in [1.29, 1.82) is 0 Å². The molecule has 2 N–H and O–H groups in total. The SMILES string of the molecule is O=C(NCC1CCCO1)NOC1CCN(S(=O)(=O)c2ccc(OC(F)(F)F)cc2)CC1. The van der Waals surface area contributed by atoms with Crippen LogP contribution in [0.3, 0.4) is 0 Å². The number of ether oxygens (including phenoxy) is 2. The second kappa shape index (κ2) is 10.0. The molecule has 3 rings (SSSR count). The highest BCUT2D eigenvalue weighted by atomic mass is 32.2. The van der Waals surface area contributed by atoms with Crippen LogP contribution in [0.15, 0.2) is 29.2 Å². The van der Waals surface area contributed by atoms with E-state index in [9.17, 15) is 26.4 Å². The fraction of sp³-hybridized carbons (Fsp3) is 0.611. The number of nitrogens with one attached hydrogen (secondary N) is 2. The van der Waals surface area contributed by atoms with Gasteiger partial charge in [-0.2, -0.15) is 4.31 Å². The Hall–Kier alpha value is -2.09. The van der Waals surface area contributed by atoms with Crippen molar-refractivity contribution in [3.8, 4) is 5.75 Å². The first-order valence-electron chi connectivity index (χ1n) is 9.80. The normalized spacial score (nSPS) is 21.1. The summed E-state index contributed by atoms with van der Waals surface area (Å²) < 4.78 is 72.5. The highest BCUT2D eigenvalue weighted by Crippen LogP contribution is 2.26. The van der Waals surface area contributed by atoms with Gasteiger partial charge in [-0.05, 0) is 49.9 Å². The summed E-state index contributed by atoms with van der Waals surface area (Å²) in [6.07, 6.45) is -2.64. The second-order valence-electron chi connectivity index (χ2n) is 7.19. The van der Waals surface area contributed by atoms with Gasteiger partial charge in [0.25, 0.3) is 0 Å². The van der Waals surface area contributed by atoms with Crippen molar-refractivity contribution in [3.63, 3.8) is 0 Å². The molecule has 2 aliphatic heterocycles. The molecule has 174 valence electrons. The van der Waals surface area contributed by atoms with Crippen molar-refractivity contribution in [1.82, 2.24) is 15.1 Å². The monoisotopic (exact) mass is 467 g/mol. The van der Waals surface area contributed by atoms with Crippen LogP contribution in [0.1, 0.15) is 25.7 Å². The Balaban J connectivity index is 1.43. The number of hydroxylamine groups is 1. The lowest BCUT2D eigenvalue weighted by atomic mass is 10.1. The highest BCUT2D eigenvalue weighted by Gasteiger charge is 2.32. The summed E-state index contributed by atoms with van der Waals surface area (Å²) in [6.45, 7) is 1.37. The van der Waals surface area contributed by atoms with Gasteiger partial charge in [-0.1, -0.05) is 0 Å². The molecule has 1 atom stereocenters. The molecule has 0 aromatic heterocycles. The molecule has 0 aliphatic carbocycles. The Morgan fingerprint density at radius 1 is 1.16 bits per heavy atom. The zero-order valence-electron chi connectivity index (χ0n) is 16.6. The van der Waals surface area contributed by atoms with Crippen molar-refractivity contribution in [2.75, 3.05) is 26.2 Å². The van der Waals surface area contributed by atoms with E-state index in [1.807, 2.05) is 0 Å². The van der Waals surface area contributed by atoms with Crippen molar-refractivity contribution < 1.29 is 40.7 Å². The Bertz CT molecular complexity index is 836. The van der Waals surface area contributed by atoms with E-state index in [0.29, 0.717) is 26.0 Å². The number of sulfonamides is 1. The zero-order chi connectivity index (χ0) is 22.5. The summed E-state index contributed by atoms with van der Waals surface area (Å²) in [4.78, 5) is 17.0. The molecule has 2 saturated heterocycles. The summed E-state index contributed by atoms with van der Waals surface area (Å²) in [5.41, 5.74) is 2.31. The van der Waals surface area contributed by atoms with Gasteiger partial charge in [-0.3, -0.25) is 4.84 Å². The van der Waals surface area contributed by atoms with Gasteiger partial charge in [0.15, 0.2) is 0 Å². The average molecular weight is 467 g/mol. The first kappa shape index (κ1) is 23.6. The maximum Gasteiger partial charge on any atom is 0.573 e. The van der Waals surface area contributed by atoms with Crippen molar-refractivity contribution in [2.45, 2.75) is 49.1 Å². The number of piperidine rings is 1. The maximum atomic E-state index is 12.7. The number of benzene rings is 1. The molecule has 2 heterocycles. The Morgan fingerprint density at radius 3 is 2.42 bits per heavy atom. The largest absolute Gasteiger partial charge is 0.573 e. The van der Waals surface area contributed by atoms with E-state index in [-0.39, 0.29) is 30.2 Å². The van der Waals surface area contributed by atoms with E-state index in [1.165, 1.54) is 4.31 Å². The average Bonchev–Trinajstić information content (AvgIpc) is 3.24. The number of carbonyl (C=O) groups excluding carboxylic acids is 1. The minimum absolute atomic E-state index is 0.00767. The van der Waals surface area contributed by atoms with Crippen molar-refractivity contribution >= 4 is 16.1 Å². The molecular formula is C18H24F3N3O6S. The second-order valence-corrected chi connectivity index (χ2v) is 9.13. The van der Waals surface area contributed by atoms with Crippen molar-refractivity contribution in [3.05, 3.63) is 24.3 Å². The van der Waals surface area contributed by atoms with Gasteiger partial charge in [-0.25, -0.2) is 18.7 Å². The number of amides is 2. The molecule has 0 spiro atoms. The summed E-state index contributed by atoms with van der Waals surface area (Å²) in [6, 6.07) is 3.55. The van der Waals surface area contributed by atoms with Gasteiger partial charge >= 0.3 is 12.4 Å². The molecule has 0 radical (unpaired) electrons. The fourth-order valence-electron chi connectivity index (χ4n) is 3.34. The number of carbonyl (C=O) groups is 1. The molecule has 13 heteroatoms. The van der Waals surface area contributed by atoms with E-state index < -0.39 is 28.2 Å². The van der Waals surface area contributed by atoms with Crippen LogP contribution in [0.4, 0.5) is 18.0 Å². The lowest BCUT2D eigenvalue weighted by Crippen LogP contribution is -2.45. The molecule has 2 aliphatic rings. The zero-order valence-corrected chi connectivity index (χ0v) is 17.4. The van der Waals surface area contributed by atoms with Gasteiger partial charge in [0.05, 0.1) is 17.1 Å².